The highest BCUT2D eigenvalue weighted by Gasteiger charge is 2.16. The SMILES string of the molecule is CCCOc1c(I)cc(C(=O)Nc2ccc(C)c(Cl)c2)cc1OCC. The van der Waals surface area contributed by atoms with Crippen LogP contribution in [0.1, 0.15) is 36.2 Å². The summed E-state index contributed by atoms with van der Waals surface area (Å²) in [6.45, 7) is 6.96. The van der Waals surface area contributed by atoms with Crippen LogP contribution in [0.25, 0.3) is 0 Å². The Hall–Kier alpha value is -1.47. The van der Waals surface area contributed by atoms with Crippen LogP contribution in [-0.4, -0.2) is 19.1 Å². The molecule has 4 nitrogen and oxygen atoms in total. The number of nitrogens with one attached hydrogen (secondary N) is 1. The highest BCUT2D eigenvalue weighted by Crippen LogP contribution is 2.34. The van der Waals surface area contributed by atoms with Gasteiger partial charge >= 0.3 is 0 Å². The van der Waals surface area contributed by atoms with Gasteiger partial charge in [0.05, 0.1) is 16.8 Å². The summed E-state index contributed by atoms with van der Waals surface area (Å²) in [7, 11) is 0. The largest absolute Gasteiger partial charge is 0.490 e. The van der Waals surface area contributed by atoms with Crippen molar-refractivity contribution in [3.63, 3.8) is 0 Å². The first-order valence-corrected chi connectivity index (χ1v) is 9.58. The highest BCUT2D eigenvalue weighted by molar-refractivity contribution is 14.1. The summed E-state index contributed by atoms with van der Waals surface area (Å²) in [6.07, 6.45) is 0.901. The minimum absolute atomic E-state index is 0.221. The Kier molecular flexibility index (Phi) is 7.38. The van der Waals surface area contributed by atoms with Crippen molar-refractivity contribution in [3.8, 4) is 11.5 Å². The van der Waals surface area contributed by atoms with E-state index in [-0.39, 0.29) is 5.91 Å². The standard InChI is InChI=1S/C19H21ClINO3/c1-4-8-25-18-16(21)9-13(10-17(18)24-5-2)19(23)22-14-7-6-12(3)15(20)11-14/h6-7,9-11H,4-5,8H2,1-3H3,(H,22,23). The maximum absolute atomic E-state index is 12.6. The van der Waals surface area contributed by atoms with Gasteiger partial charge in [-0.3, -0.25) is 4.79 Å². The van der Waals surface area contributed by atoms with Crippen molar-refractivity contribution in [1.29, 1.82) is 0 Å². The number of halogens is 2. The van der Waals surface area contributed by atoms with Crippen molar-refractivity contribution in [1.82, 2.24) is 0 Å². The van der Waals surface area contributed by atoms with Crippen LogP contribution in [0.3, 0.4) is 0 Å². The molecule has 25 heavy (non-hydrogen) atoms. The predicted octanol–water partition coefficient (Wildman–Crippen LogP) is 5.69. The van der Waals surface area contributed by atoms with Gasteiger partial charge in [-0.15, -0.1) is 0 Å². The Balaban J connectivity index is 2.27. The molecule has 6 heteroatoms. The summed E-state index contributed by atoms with van der Waals surface area (Å²) < 4.78 is 12.3. The molecule has 0 aliphatic carbocycles. The van der Waals surface area contributed by atoms with Gasteiger partial charge in [-0.2, -0.15) is 0 Å². The second-order valence-electron chi connectivity index (χ2n) is 5.48. The molecule has 0 heterocycles. The minimum atomic E-state index is -0.221. The van der Waals surface area contributed by atoms with E-state index in [9.17, 15) is 4.79 Å². The lowest BCUT2D eigenvalue weighted by atomic mass is 10.1. The van der Waals surface area contributed by atoms with E-state index in [2.05, 4.69) is 27.9 Å². The van der Waals surface area contributed by atoms with E-state index in [1.165, 1.54) is 0 Å². The third kappa shape index (κ3) is 5.25. The van der Waals surface area contributed by atoms with Crippen LogP contribution in [0.4, 0.5) is 5.69 Å². The predicted molar refractivity (Wildman–Crippen MR) is 110 cm³/mol. The zero-order chi connectivity index (χ0) is 18.4. The van der Waals surface area contributed by atoms with Crippen molar-refractivity contribution in [2.24, 2.45) is 0 Å². The van der Waals surface area contributed by atoms with Gasteiger partial charge in [0, 0.05) is 16.3 Å². The van der Waals surface area contributed by atoms with Crippen LogP contribution in [0.5, 0.6) is 11.5 Å². The number of carbonyl (C=O) groups is 1. The Morgan fingerprint density at radius 3 is 2.60 bits per heavy atom. The van der Waals surface area contributed by atoms with Crippen LogP contribution in [0.2, 0.25) is 5.02 Å². The quantitative estimate of drug-likeness (QED) is 0.525. The topological polar surface area (TPSA) is 47.6 Å². The summed E-state index contributed by atoms with van der Waals surface area (Å²) in [4.78, 5) is 12.6. The average molecular weight is 474 g/mol. The molecular weight excluding hydrogens is 453 g/mol. The Morgan fingerprint density at radius 1 is 1.20 bits per heavy atom. The van der Waals surface area contributed by atoms with E-state index in [1.54, 1.807) is 18.2 Å². The molecule has 0 fully saturated rings. The Morgan fingerprint density at radius 2 is 1.96 bits per heavy atom. The van der Waals surface area contributed by atoms with Crippen molar-refractivity contribution < 1.29 is 14.3 Å². The van der Waals surface area contributed by atoms with Gasteiger partial charge in [-0.05, 0) is 72.7 Å². The summed E-state index contributed by atoms with van der Waals surface area (Å²) >= 11 is 8.27. The molecule has 0 aliphatic heterocycles. The molecule has 134 valence electrons. The van der Waals surface area contributed by atoms with Crippen LogP contribution in [-0.2, 0) is 0 Å². The fourth-order valence-electron chi connectivity index (χ4n) is 2.18. The first-order valence-electron chi connectivity index (χ1n) is 8.12. The Bertz CT molecular complexity index is 765. The molecule has 0 radical (unpaired) electrons. The lowest BCUT2D eigenvalue weighted by Crippen LogP contribution is -2.13. The zero-order valence-corrected chi connectivity index (χ0v) is 17.4. The number of amides is 1. The van der Waals surface area contributed by atoms with Gasteiger partial charge in [-0.25, -0.2) is 0 Å². The van der Waals surface area contributed by atoms with E-state index in [4.69, 9.17) is 21.1 Å². The summed E-state index contributed by atoms with van der Waals surface area (Å²) in [6, 6.07) is 8.93. The van der Waals surface area contributed by atoms with Gasteiger partial charge in [0.15, 0.2) is 11.5 Å². The number of aryl methyl sites for hydroxylation is 1. The van der Waals surface area contributed by atoms with E-state index in [1.807, 2.05) is 32.9 Å². The molecule has 0 bridgehead atoms. The summed E-state index contributed by atoms with van der Waals surface area (Å²) in [5.74, 6) is 1.04. The van der Waals surface area contributed by atoms with E-state index >= 15 is 0 Å². The second-order valence-corrected chi connectivity index (χ2v) is 7.05. The number of hydrogen-bond acceptors (Lipinski definition) is 3. The summed E-state index contributed by atoms with van der Waals surface area (Å²) in [5.41, 5.74) is 2.12. The van der Waals surface area contributed by atoms with Crippen LogP contribution in [0, 0.1) is 10.5 Å². The normalized spacial score (nSPS) is 10.4. The molecule has 2 rings (SSSR count). The van der Waals surface area contributed by atoms with Crippen molar-refractivity contribution in [3.05, 3.63) is 50.1 Å². The maximum Gasteiger partial charge on any atom is 0.255 e. The molecule has 2 aromatic carbocycles. The van der Waals surface area contributed by atoms with Crippen LogP contribution in [0.15, 0.2) is 30.3 Å². The van der Waals surface area contributed by atoms with Crippen molar-refractivity contribution >= 4 is 45.8 Å². The molecule has 0 saturated heterocycles. The van der Waals surface area contributed by atoms with Gasteiger partial charge in [0.2, 0.25) is 0 Å². The third-order valence-corrected chi connectivity index (χ3v) is 4.66. The maximum atomic E-state index is 12.6. The number of anilines is 1. The smallest absolute Gasteiger partial charge is 0.255 e. The molecule has 1 N–H and O–H groups in total. The van der Waals surface area contributed by atoms with Crippen LogP contribution < -0.4 is 14.8 Å². The summed E-state index contributed by atoms with van der Waals surface area (Å²) in [5, 5.41) is 3.48. The first-order chi connectivity index (χ1) is 12.0. The lowest BCUT2D eigenvalue weighted by Gasteiger charge is -2.15. The zero-order valence-electron chi connectivity index (χ0n) is 14.5. The van der Waals surface area contributed by atoms with Gasteiger partial charge in [0.1, 0.15) is 0 Å². The number of benzene rings is 2. The monoisotopic (exact) mass is 473 g/mol. The van der Waals surface area contributed by atoms with Gasteiger partial charge < -0.3 is 14.8 Å². The molecule has 2 aromatic rings. The molecule has 0 aliphatic rings. The molecular formula is C19H21ClINO3. The van der Waals surface area contributed by atoms with Crippen molar-refractivity contribution in [2.45, 2.75) is 27.2 Å². The van der Waals surface area contributed by atoms with E-state index in [0.717, 1.165) is 15.6 Å². The molecule has 0 saturated carbocycles. The molecule has 1 amide bonds. The highest BCUT2D eigenvalue weighted by atomic mass is 127. The molecule has 0 aromatic heterocycles. The molecule has 0 spiro atoms. The van der Waals surface area contributed by atoms with E-state index < -0.39 is 0 Å². The first kappa shape index (κ1) is 19.8. The Labute approximate surface area is 167 Å². The fraction of sp³-hybridized carbons (Fsp3) is 0.316. The lowest BCUT2D eigenvalue weighted by molar-refractivity contribution is 0.102. The second kappa shape index (κ2) is 9.29. The van der Waals surface area contributed by atoms with Gasteiger partial charge in [0.25, 0.3) is 5.91 Å². The molecule has 0 atom stereocenters. The molecule has 0 unspecified atom stereocenters. The fourth-order valence-corrected chi connectivity index (χ4v) is 3.12. The van der Waals surface area contributed by atoms with Crippen LogP contribution >= 0.6 is 34.2 Å². The number of carbonyl (C=O) groups excluding carboxylic acids is 1. The number of ether oxygens (including phenoxy) is 2. The van der Waals surface area contributed by atoms with Crippen molar-refractivity contribution in [2.75, 3.05) is 18.5 Å². The van der Waals surface area contributed by atoms with Gasteiger partial charge in [-0.1, -0.05) is 24.6 Å². The average Bonchev–Trinajstić information content (AvgIpc) is 2.57. The minimum Gasteiger partial charge on any atom is -0.490 e. The number of rotatable bonds is 7. The van der Waals surface area contributed by atoms with E-state index in [0.29, 0.717) is 41.0 Å². The third-order valence-electron chi connectivity index (χ3n) is 3.45. The number of hydrogen-bond donors (Lipinski definition) is 1.